The van der Waals surface area contributed by atoms with E-state index < -0.39 is 0 Å². The van der Waals surface area contributed by atoms with Gasteiger partial charge in [0.15, 0.2) is 0 Å². The van der Waals surface area contributed by atoms with Gasteiger partial charge in [-0.05, 0) is 38.0 Å². The van der Waals surface area contributed by atoms with Gasteiger partial charge in [0.1, 0.15) is 0 Å². The molecule has 0 heterocycles. The number of hydrogen-bond donors (Lipinski definition) is 0. The summed E-state index contributed by atoms with van der Waals surface area (Å²) in [5.41, 5.74) is 3.33. The average molecular weight is 182 g/mol. The first kappa shape index (κ1) is 12.7. The summed E-state index contributed by atoms with van der Waals surface area (Å²) in [5, 5.41) is 0. The van der Waals surface area contributed by atoms with Gasteiger partial charge in [-0.2, -0.15) is 0 Å². The highest BCUT2D eigenvalue weighted by Crippen LogP contribution is 2.27. The third kappa shape index (κ3) is 3.54. The van der Waals surface area contributed by atoms with Gasteiger partial charge in [-0.1, -0.05) is 45.8 Å². The third-order valence-electron chi connectivity index (χ3n) is 3.45. The minimum absolute atomic E-state index is 0.768. The van der Waals surface area contributed by atoms with E-state index in [1.165, 1.54) is 19.3 Å². The first-order valence-electron chi connectivity index (χ1n) is 5.77. The largest absolute Gasteiger partial charge is 0.0710 e. The highest BCUT2D eigenvalue weighted by atomic mass is 14.2. The van der Waals surface area contributed by atoms with Crippen molar-refractivity contribution in [3.05, 3.63) is 11.1 Å². The van der Waals surface area contributed by atoms with Crippen LogP contribution >= 0.6 is 0 Å². The molecule has 78 valence electrons. The average Bonchev–Trinajstić information content (AvgIpc) is 2.17. The fourth-order valence-electron chi connectivity index (χ4n) is 1.89. The second-order valence-corrected chi connectivity index (χ2v) is 4.18. The predicted octanol–water partition coefficient (Wildman–Crippen LogP) is 4.81. The Labute approximate surface area is 84.4 Å². The van der Waals surface area contributed by atoms with Crippen molar-refractivity contribution in [3.8, 4) is 0 Å². The first-order valence-corrected chi connectivity index (χ1v) is 5.77. The summed E-state index contributed by atoms with van der Waals surface area (Å²) in [6, 6.07) is 0. The van der Waals surface area contributed by atoms with E-state index in [-0.39, 0.29) is 0 Å². The molecule has 0 bridgehead atoms. The molecule has 0 radical (unpaired) electrons. The maximum absolute atomic E-state index is 2.35. The van der Waals surface area contributed by atoms with Crippen LogP contribution in [0.3, 0.4) is 0 Å². The summed E-state index contributed by atoms with van der Waals surface area (Å²) in [7, 11) is 0. The molecule has 0 spiro atoms. The zero-order chi connectivity index (χ0) is 10.4. The van der Waals surface area contributed by atoms with Crippen LogP contribution < -0.4 is 0 Å². The van der Waals surface area contributed by atoms with Gasteiger partial charge in [-0.15, -0.1) is 0 Å². The maximum atomic E-state index is 2.35. The second kappa shape index (κ2) is 6.23. The summed E-state index contributed by atoms with van der Waals surface area (Å²) in [6.07, 6.45) is 3.77. The molecule has 2 unspecified atom stereocenters. The van der Waals surface area contributed by atoms with Crippen LogP contribution in [-0.2, 0) is 0 Å². The summed E-state index contributed by atoms with van der Waals surface area (Å²) in [4.78, 5) is 0. The quantitative estimate of drug-likeness (QED) is 0.535. The van der Waals surface area contributed by atoms with Gasteiger partial charge < -0.3 is 0 Å². The Morgan fingerprint density at radius 3 is 1.69 bits per heavy atom. The molecular formula is C13H26. The summed E-state index contributed by atoms with van der Waals surface area (Å²) >= 11 is 0. The van der Waals surface area contributed by atoms with Crippen molar-refractivity contribution >= 4 is 0 Å². The van der Waals surface area contributed by atoms with E-state index in [0.29, 0.717) is 0 Å². The van der Waals surface area contributed by atoms with Crippen molar-refractivity contribution in [3.63, 3.8) is 0 Å². The SMILES string of the molecule is CCC(=C(C)C(C)CC)C(C)CC. The van der Waals surface area contributed by atoms with Crippen molar-refractivity contribution in [1.29, 1.82) is 0 Å². The Kier molecular flexibility index (Phi) is 6.11. The van der Waals surface area contributed by atoms with E-state index in [1.54, 1.807) is 11.1 Å². The third-order valence-corrected chi connectivity index (χ3v) is 3.45. The molecule has 0 rings (SSSR count). The molecule has 0 aromatic rings. The van der Waals surface area contributed by atoms with Crippen LogP contribution in [0.25, 0.3) is 0 Å². The zero-order valence-corrected chi connectivity index (χ0v) is 10.3. The smallest absolute Gasteiger partial charge is 0.0232 e. The lowest BCUT2D eigenvalue weighted by molar-refractivity contribution is 0.580. The van der Waals surface area contributed by atoms with Gasteiger partial charge >= 0.3 is 0 Å². The van der Waals surface area contributed by atoms with Crippen LogP contribution in [0.15, 0.2) is 11.1 Å². The van der Waals surface area contributed by atoms with Crippen LogP contribution in [0.4, 0.5) is 0 Å². The highest BCUT2D eigenvalue weighted by molar-refractivity contribution is 5.16. The molecule has 0 aromatic carbocycles. The Bertz CT molecular complexity index is 165. The summed E-state index contributed by atoms with van der Waals surface area (Å²) < 4.78 is 0. The van der Waals surface area contributed by atoms with Crippen LogP contribution in [0.2, 0.25) is 0 Å². The van der Waals surface area contributed by atoms with Crippen molar-refractivity contribution < 1.29 is 0 Å². The molecule has 0 aliphatic heterocycles. The number of allylic oxidation sites excluding steroid dienone is 2. The van der Waals surface area contributed by atoms with Gasteiger partial charge in [0.25, 0.3) is 0 Å². The van der Waals surface area contributed by atoms with Gasteiger partial charge in [0.05, 0.1) is 0 Å². The molecule has 0 fully saturated rings. The molecule has 0 N–H and O–H groups in total. The highest BCUT2D eigenvalue weighted by Gasteiger charge is 2.11. The van der Waals surface area contributed by atoms with Crippen LogP contribution in [0.1, 0.15) is 60.8 Å². The maximum Gasteiger partial charge on any atom is -0.0232 e. The molecule has 0 heteroatoms. The van der Waals surface area contributed by atoms with Crippen LogP contribution in [0.5, 0.6) is 0 Å². The second-order valence-electron chi connectivity index (χ2n) is 4.18. The van der Waals surface area contributed by atoms with Gasteiger partial charge in [-0.3, -0.25) is 0 Å². The zero-order valence-electron chi connectivity index (χ0n) is 10.3. The van der Waals surface area contributed by atoms with E-state index in [2.05, 4.69) is 41.5 Å². The molecule has 2 atom stereocenters. The lowest BCUT2D eigenvalue weighted by atomic mass is 9.86. The molecule has 0 aromatic heterocycles. The molecule has 0 nitrogen and oxygen atoms in total. The van der Waals surface area contributed by atoms with E-state index in [1.807, 2.05) is 0 Å². The Hall–Kier alpha value is -0.260. The van der Waals surface area contributed by atoms with Crippen molar-refractivity contribution in [2.24, 2.45) is 11.8 Å². The predicted molar refractivity (Wildman–Crippen MR) is 61.9 cm³/mol. The van der Waals surface area contributed by atoms with Crippen molar-refractivity contribution in [2.75, 3.05) is 0 Å². The van der Waals surface area contributed by atoms with Gasteiger partial charge in [-0.25, -0.2) is 0 Å². The molecule has 0 saturated heterocycles. The minimum atomic E-state index is 0.768. The normalized spacial score (nSPS) is 18.0. The Balaban J connectivity index is 4.67. The minimum Gasteiger partial charge on any atom is -0.0710 e. The fraction of sp³-hybridized carbons (Fsp3) is 0.846. The fourth-order valence-corrected chi connectivity index (χ4v) is 1.89. The van der Waals surface area contributed by atoms with Crippen LogP contribution in [0, 0.1) is 11.8 Å². The lowest BCUT2D eigenvalue weighted by Crippen LogP contribution is -2.05. The van der Waals surface area contributed by atoms with Gasteiger partial charge in [0, 0.05) is 0 Å². The molecule has 0 aliphatic rings. The monoisotopic (exact) mass is 182 g/mol. The molecule has 0 aliphatic carbocycles. The first-order chi connectivity index (χ1) is 6.08. The summed E-state index contributed by atoms with van der Waals surface area (Å²) in [6.45, 7) is 13.9. The summed E-state index contributed by atoms with van der Waals surface area (Å²) in [5.74, 6) is 1.54. The molecule has 0 saturated carbocycles. The van der Waals surface area contributed by atoms with E-state index >= 15 is 0 Å². The molecular weight excluding hydrogens is 156 g/mol. The van der Waals surface area contributed by atoms with Gasteiger partial charge in [0.2, 0.25) is 0 Å². The number of hydrogen-bond acceptors (Lipinski definition) is 0. The Morgan fingerprint density at radius 2 is 1.38 bits per heavy atom. The molecule has 0 amide bonds. The van der Waals surface area contributed by atoms with E-state index in [9.17, 15) is 0 Å². The lowest BCUT2D eigenvalue weighted by Gasteiger charge is -2.20. The van der Waals surface area contributed by atoms with Crippen molar-refractivity contribution in [1.82, 2.24) is 0 Å². The standard InChI is InChI=1S/C13H26/c1-7-10(4)12(6)13(9-3)11(5)8-2/h10-11H,7-9H2,1-6H3. The van der Waals surface area contributed by atoms with E-state index in [4.69, 9.17) is 0 Å². The topological polar surface area (TPSA) is 0 Å². The van der Waals surface area contributed by atoms with E-state index in [0.717, 1.165) is 11.8 Å². The number of rotatable bonds is 5. The van der Waals surface area contributed by atoms with Crippen molar-refractivity contribution in [2.45, 2.75) is 60.8 Å². The van der Waals surface area contributed by atoms with Crippen LogP contribution in [-0.4, -0.2) is 0 Å². The molecule has 13 heavy (non-hydrogen) atoms. The Morgan fingerprint density at radius 1 is 0.923 bits per heavy atom.